The van der Waals surface area contributed by atoms with Crippen LogP contribution < -0.4 is 20.7 Å². The van der Waals surface area contributed by atoms with E-state index in [0.717, 1.165) is 12.0 Å². The quantitative estimate of drug-likeness (QED) is 0.486. The average Bonchev–Trinajstić information content (AvgIpc) is 2.69. The molecule has 0 amide bonds. The van der Waals surface area contributed by atoms with Crippen molar-refractivity contribution in [2.24, 2.45) is 0 Å². The molecule has 1 heterocycles. The summed E-state index contributed by atoms with van der Waals surface area (Å²) in [5.74, 6) is 0.597. The van der Waals surface area contributed by atoms with E-state index in [1.165, 1.54) is 16.8 Å². The third-order valence-electron chi connectivity index (χ3n) is 4.46. The van der Waals surface area contributed by atoms with Gasteiger partial charge in [0.1, 0.15) is 12.5 Å². The van der Waals surface area contributed by atoms with Gasteiger partial charge in [-0.1, -0.05) is 19.1 Å². The Morgan fingerprint density at radius 3 is 2.67 bits per heavy atom. The molecular weight excluding hydrogens is 410 g/mol. The SMILES string of the molecule is CC[C@@H](C)Oc1cccc([C@@H](C)NS(=O)(=O)CCCOCn2ccc(=O)[nH]c2=O)c1. The van der Waals surface area contributed by atoms with Gasteiger partial charge in [0, 0.05) is 24.9 Å². The molecule has 0 saturated heterocycles. The van der Waals surface area contributed by atoms with Gasteiger partial charge in [-0.2, -0.15) is 0 Å². The first kappa shape index (κ1) is 23.8. The van der Waals surface area contributed by atoms with E-state index in [1.54, 1.807) is 6.92 Å². The van der Waals surface area contributed by atoms with E-state index in [-0.39, 0.29) is 31.6 Å². The van der Waals surface area contributed by atoms with Crippen LogP contribution in [0.2, 0.25) is 0 Å². The molecule has 0 bridgehead atoms. The molecule has 0 aliphatic carbocycles. The van der Waals surface area contributed by atoms with Gasteiger partial charge < -0.3 is 9.47 Å². The number of hydrogen-bond acceptors (Lipinski definition) is 6. The molecular formula is C20H29N3O6S. The van der Waals surface area contributed by atoms with Crippen LogP contribution in [0.5, 0.6) is 5.75 Å². The summed E-state index contributed by atoms with van der Waals surface area (Å²) in [5, 5.41) is 0. The number of aromatic nitrogens is 2. The van der Waals surface area contributed by atoms with Crippen LogP contribution in [-0.4, -0.2) is 36.4 Å². The lowest BCUT2D eigenvalue weighted by Crippen LogP contribution is -2.30. The summed E-state index contributed by atoms with van der Waals surface area (Å²) in [7, 11) is -3.52. The van der Waals surface area contributed by atoms with E-state index in [0.29, 0.717) is 5.75 Å². The van der Waals surface area contributed by atoms with Crippen molar-refractivity contribution in [3.05, 3.63) is 62.9 Å². The van der Waals surface area contributed by atoms with E-state index in [9.17, 15) is 18.0 Å². The van der Waals surface area contributed by atoms with E-state index in [1.807, 2.05) is 38.1 Å². The third-order valence-corrected chi connectivity index (χ3v) is 5.99. The Morgan fingerprint density at radius 2 is 1.97 bits per heavy atom. The van der Waals surface area contributed by atoms with Gasteiger partial charge >= 0.3 is 5.69 Å². The van der Waals surface area contributed by atoms with Gasteiger partial charge in [-0.15, -0.1) is 0 Å². The van der Waals surface area contributed by atoms with Gasteiger partial charge in [0.25, 0.3) is 5.56 Å². The van der Waals surface area contributed by atoms with Crippen molar-refractivity contribution in [2.75, 3.05) is 12.4 Å². The summed E-state index contributed by atoms with van der Waals surface area (Å²) in [6, 6.07) is 8.18. The van der Waals surface area contributed by atoms with Crippen LogP contribution >= 0.6 is 0 Å². The van der Waals surface area contributed by atoms with Crippen molar-refractivity contribution < 1.29 is 17.9 Å². The van der Waals surface area contributed by atoms with Crippen LogP contribution in [0.4, 0.5) is 0 Å². The fourth-order valence-corrected chi connectivity index (χ4v) is 3.92. The van der Waals surface area contributed by atoms with E-state index in [4.69, 9.17) is 9.47 Å². The molecule has 0 spiro atoms. The van der Waals surface area contributed by atoms with E-state index >= 15 is 0 Å². The van der Waals surface area contributed by atoms with Crippen LogP contribution in [0.15, 0.2) is 46.1 Å². The number of benzene rings is 1. The molecule has 0 radical (unpaired) electrons. The minimum absolute atomic E-state index is 0.0670. The molecule has 0 saturated carbocycles. The van der Waals surface area contributed by atoms with Gasteiger partial charge in [0.15, 0.2) is 0 Å². The number of aromatic amines is 1. The number of nitrogens with zero attached hydrogens (tertiary/aromatic N) is 1. The Hall–Kier alpha value is -2.43. The predicted octanol–water partition coefficient (Wildman–Crippen LogP) is 1.76. The minimum atomic E-state index is -3.52. The molecule has 1 aromatic carbocycles. The van der Waals surface area contributed by atoms with Gasteiger partial charge in [0.2, 0.25) is 10.0 Å². The lowest BCUT2D eigenvalue weighted by Gasteiger charge is -2.17. The first-order valence-electron chi connectivity index (χ1n) is 9.84. The Morgan fingerprint density at radius 1 is 1.20 bits per heavy atom. The molecule has 0 aliphatic heterocycles. The number of ether oxygens (including phenoxy) is 2. The number of sulfonamides is 1. The highest BCUT2D eigenvalue weighted by molar-refractivity contribution is 7.89. The summed E-state index contributed by atoms with van der Waals surface area (Å²) in [6.07, 6.45) is 2.54. The van der Waals surface area contributed by atoms with E-state index < -0.39 is 27.3 Å². The molecule has 0 unspecified atom stereocenters. The minimum Gasteiger partial charge on any atom is -0.491 e. The Balaban J connectivity index is 1.81. The Kier molecular flexibility index (Phi) is 8.82. The highest BCUT2D eigenvalue weighted by Gasteiger charge is 2.16. The summed E-state index contributed by atoms with van der Waals surface area (Å²) >= 11 is 0. The molecule has 0 aliphatic rings. The molecule has 10 heteroatoms. The average molecular weight is 440 g/mol. The second kappa shape index (κ2) is 11.1. The van der Waals surface area contributed by atoms with Crippen LogP contribution in [0, 0.1) is 0 Å². The number of H-pyrrole nitrogens is 1. The highest BCUT2D eigenvalue weighted by atomic mass is 32.2. The van der Waals surface area contributed by atoms with Crippen molar-refractivity contribution in [1.29, 1.82) is 0 Å². The fraction of sp³-hybridized carbons (Fsp3) is 0.500. The zero-order valence-electron chi connectivity index (χ0n) is 17.5. The number of rotatable bonds is 12. The lowest BCUT2D eigenvalue weighted by atomic mass is 10.1. The molecule has 2 atom stereocenters. The normalized spacial score (nSPS) is 13.7. The van der Waals surface area contributed by atoms with Gasteiger partial charge in [-0.3, -0.25) is 14.3 Å². The maximum atomic E-state index is 12.4. The van der Waals surface area contributed by atoms with Crippen LogP contribution in [0.1, 0.15) is 45.2 Å². The second-order valence-corrected chi connectivity index (χ2v) is 8.91. The molecule has 166 valence electrons. The largest absolute Gasteiger partial charge is 0.491 e. The standard InChI is InChI=1S/C20H29N3O6S/c1-4-15(2)29-18-8-5-7-17(13-18)16(3)22-30(26,27)12-6-11-28-14-23-10-9-19(24)21-20(23)25/h5,7-10,13,15-16,22H,4,6,11-12,14H2,1-3H3,(H,21,24,25)/t15-,16-/m1/s1. The fourth-order valence-electron chi connectivity index (χ4n) is 2.63. The number of hydrogen-bond donors (Lipinski definition) is 2. The predicted molar refractivity (Wildman–Crippen MR) is 114 cm³/mol. The molecule has 30 heavy (non-hydrogen) atoms. The Labute approximate surface area is 176 Å². The summed E-state index contributed by atoms with van der Waals surface area (Å²) in [4.78, 5) is 24.7. The lowest BCUT2D eigenvalue weighted by molar-refractivity contribution is 0.0744. The molecule has 1 aromatic heterocycles. The van der Waals surface area contributed by atoms with Gasteiger partial charge in [-0.05, 0) is 44.4 Å². The summed E-state index contributed by atoms with van der Waals surface area (Å²) in [6.45, 7) is 5.88. The Bertz CT molecular complexity index is 1030. The highest BCUT2D eigenvalue weighted by Crippen LogP contribution is 2.21. The zero-order chi connectivity index (χ0) is 22.1. The van der Waals surface area contributed by atoms with Crippen LogP contribution in [-0.2, 0) is 21.5 Å². The molecule has 2 rings (SSSR count). The maximum Gasteiger partial charge on any atom is 0.330 e. The first-order valence-corrected chi connectivity index (χ1v) is 11.5. The summed E-state index contributed by atoms with van der Waals surface area (Å²) < 4.78 is 39.7. The topological polar surface area (TPSA) is 119 Å². The molecule has 9 nitrogen and oxygen atoms in total. The van der Waals surface area contributed by atoms with Gasteiger partial charge in [0.05, 0.1) is 11.9 Å². The van der Waals surface area contributed by atoms with Crippen molar-refractivity contribution in [3.8, 4) is 5.75 Å². The van der Waals surface area contributed by atoms with Crippen molar-refractivity contribution in [2.45, 2.75) is 52.5 Å². The first-order chi connectivity index (χ1) is 14.2. The van der Waals surface area contributed by atoms with Crippen LogP contribution in [0.25, 0.3) is 0 Å². The van der Waals surface area contributed by atoms with Gasteiger partial charge in [-0.25, -0.2) is 17.9 Å². The second-order valence-electron chi connectivity index (χ2n) is 7.04. The monoisotopic (exact) mass is 439 g/mol. The van der Waals surface area contributed by atoms with Crippen LogP contribution in [0.3, 0.4) is 0 Å². The maximum absolute atomic E-state index is 12.4. The molecule has 2 N–H and O–H groups in total. The third kappa shape index (κ3) is 7.77. The zero-order valence-corrected chi connectivity index (χ0v) is 18.3. The van der Waals surface area contributed by atoms with Crippen molar-refractivity contribution in [3.63, 3.8) is 0 Å². The van der Waals surface area contributed by atoms with Crippen molar-refractivity contribution in [1.82, 2.24) is 14.3 Å². The smallest absolute Gasteiger partial charge is 0.330 e. The summed E-state index contributed by atoms with van der Waals surface area (Å²) in [5.41, 5.74) is -0.252. The van der Waals surface area contributed by atoms with Crippen molar-refractivity contribution >= 4 is 10.0 Å². The van der Waals surface area contributed by atoms with E-state index in [2.05, 4.69) is 9.71 Å². The molecule has 0 fully saturated rings. The number of nitrogens with one attached hydrogen (secondary N) is 2. The molecule has 2 aromatic rings.